The van der Waals surface area contributed by atoms with E-state index in [1.807, 2.05) is 0 Å². The molecular weight excluding hydrogens is 263 g/mol. The van der Waals surface area contributed by atoms with Crippen LogP contribution in [0.15, 0.2) is 24.3 Å². The maximum absolute atomic E-state index is 12.8. The quantitative estimate of drug-likeness (QED) is 0.820. The van der Waals surface area contributed by atoms with E-state index in [2.05, 4.69) is 10.2 Å². The number of piperidine rings is 1. The van der Waals surface area contributed by atoms with Gasteiger partial charge in [-0.15, -0.1) is 5.32 Å². The Labute approximate surface area is 115 Å². The number of ether oxygens (including phenoxy) is 1. The number of carbonyl (C=O) groups is 2. The minimum atomic E-state index is -1.03. The average Bonchev–Trinajstić information content (AvgIpc) is 2.70. The molecule has 2 amide bonds. The molecular formula is C14H14FN2O3. The summed E-state index contributed by atoms with van der Waals surface area (Å²) in [6.45, 7) is 1.98. The molecule has 2 fully saturated rings. The normalized spacial score (nSPS) is 21.9. The van der Waals surface area contributed by atoms with E-state index in [1.165, 1.54) is 12.1 Å². The molecule has 2 saturated heterocycles. The van der Waals surface area contributed by atoms with E-state index in [-0.39, 0.29) is 5.82 Å². The lowest BCUT2D eigenvalue weighted by atomic mass is 9.90. The highest BCUT2D eigenvalue weighted by molar-refractivity contribution is 6.02. The van der Waals surface area contributed by atoms with Crippen LogP contribution in [0.25, 0.3) is 0 Å². The number of carbonyl (C=O) groups excluding carboxylic acids is 2. The highest BCUT2D eigenvalue weighted by atomic mass is 19.1. The van der Waals surface area contributed by atoms with Gasteiger partial charge in [0.05, 0.1) is 0 Å². The van der Waals surface area contributed by atoms with Crippen LogP contribution in [0.4, 0.5) is 9.18 Å². The highest BCUT2D eigenvalue weighted by Gasteiger charge is 2.51. The van der Waals surface area contributed by atoms with Gasteiger partial charge in [0.1, 0.15) is 5.82 Å². The number of hydrogen-bond acceptors (Lipinski definition) is 4. The first-order valence-electron chi connectivity index (χ1n) is 6.53. The zero-order valence-electron chi connectivity index (χ0n) is 10.8. The number of halogens is 1. The summed E-state index contributed by atoms with van der Waals surface area (Å²) in [6, 6.07) is 6.36. The lowest BCUT2D eigenvalue weighted by Crippen LogP contribution is -2.48. The van der Waals surface area contributed by atoms with Crippen molar-refractivity contribution in [1.29, 1.82) is 0 Å². The summed E-state index contributed by atoms with van der Waals surface area (Å²) in [4.78, 5) is 24.9. The number of nitrogens with zero attached hydrogens (tertiary/aromatic N) is 2. The van der Waals surface area contributed by atoms with Crippen molar-refractivity contribution < 1.29 is 18.7 Å². The van der Waals surface area contributed by atoms with Crippen LogP contribution in [0.5, 0.6) is 0 Å². The molecule has 0 aliphatic carbocycles. The molecule has 1 aromatic rings. The largest absolute Gasteiger partial charge is 0.437 e. The Morgan fingerprint density at radius 2 is 1.85 bits per heavy atom. The van der Waals surface area contributed by atoms with Crippen molar-refractivity contribution in [2.24, 2.45) is 0 Å². The summed E-state index contributed by atoms with van der Waals surface area (Å²) in [7, 11) is 0. The van der Waals surface area contributed by atoms with Crippen molar-refractivity contribution in [2.45, 2.75) is 25.0 Å². The zero-order chi connectivity index (χ0) is 14.2. The molecule has 1 spiro atoms. The summed E-state index contributed by atoms with van der Waals surface area (Å²) < 4.78 is 17.9. The summed E-state index contributed by atoms with van der Waals surface area (Å²) in [5.74, 6) is -0.708. The van der Waals surface area contributed by atoms with Gasteiger partial charge < -0.3 is 4.74 Å². The fourth-order valence-corrected chi connectivity index (χ4v) is 2.65. The van der Waals surface area contributed by atoms with Gasteiger partial charge in [0.2, 0.25) is 0 Å². The molecule has 2 aliphatic rings. The van der Waals surface area contributed by atoms with E-state index in [0.29, 0.717) is 32.5 Å². The smallest absolute Gasteiger partial charge is 0.431 e. The van der Waals surface area contributed by atoms with E-state index in [0.717, 1.165) is 5.56 Å². The fourth-order valence-electron chi connectivity index (χ4n) is 2.65. The summed E-state index contributed by atoms with van der Waals surface area (Å²) in [5.41, 5.74) is -0.0158. The van der Waals surface area contributed by atoms with E-state index < -0.39 is 17.6 Å². The van der Waals surface area contributed by atoms with Crippen LogP contribution < -0.4 is 5.32 Å². The molecule has 0 bridgehead atoms. The molecule has 105 valence electrons. The van der Waals surface area contributed by atoms with Gasteiger partial charge in [0.15, 0.2) is 5.60 Å². The topological polar surface area (TPSA) is 60.7 Å². The molecule has 3 rings (SSSR count). The van der Waals surface area contributed by atoms with Gasteiger partial charge in [-0.3, -0.25) is 9.69 Å². The minimum Gasteiger partial charge on any atom is -0.431 e. The van der Waals surface area contributed by atoms with Crippen molar-refractivity contribution in [3.63, 3.8) is 0 Å². The second-order valence-electron chi connectivity index (χ2n) is 5.18. The van der Waals surface area contributed by atoms with Gasteiger partial charge in [0.25, 0.3) is 5.91 Å². The number of likely N-dealkylation sites (tertiary alicyclic amines) is 1. The van der Waals surface area contributed by atoms with E-state index in [9.17, 15) is 14.0 Å². The standard InChI is InChI=1S/C14H14FN2O3/c15-11-3-1-10(2-4-11)9-17-7-5-14(6-8-17)12(18)16-13(19)20-14/h1-4H,5-9H2. The molecule has 0 aromatic heterocycles. The lowest BCUT2D eigenvalue weighted by molar-refractivity contribution is -0.135. The number of hydrogen-bond donors (Lipinski definition) is 0. The zero-order valence-corrected chi connectivity index (χ0v) is 10.8. The summed E-state index contributed by atoms with van der Waals surface area (Å²) >= 11 is 0. The highest BCUT2D eigenvalue weighted by Crippen LogP contribution is 2.31. The summed E-state index contributed by atoms with van der Waals surface area (Å²) in [5, 5.41) is 3.32. The van der Waals surface area contributed by atoms with Gasteiger partial charge >= 0.3 is 6.09 Å². The van der Waals surface area contributed by atoms with E-state index in [1.54, 1.807) is 12.1 Å². The van der Waals surface area contributed by atoms with Crippen LogP contribution in [-0.2, 0) is 16.1 Å². The Morgan fingerprint density at radius 1 is 1.20 bits per heavy atom. The van der Waals surface area contributed by atoms with Gasteiger partial charge in [-0.1, -0.05) is 12.1 Å². The second kappa shape index (κ2) is 4.86. The minimum absolute atomic E-state index is 0.253. The molecule has 0 N–H and O–H groups in total. The lowest BCUT2D eigenvalue weighted by Gasteiger charge is -2.35. The first-order chi connectivity index (χ1) is 9.57. The Hall–Kier alpha value is -1.95. The predicted octanol–water partition coefficient (Wildman–Crippen LogP) is 1.44. The maximum Gasteiger partial charge on any atom is 0.437 e. The van der Waals surface area contributed by atoms with Crippen LogP contribution >= 0.6 is 0 Å². The average molecular weight is 277 g/mol. The molecule has 6 heteroatoms. The van der Waals surface area contributed by atoms with Gasteiger partial charge in [-0.05, 0) is 17.7 Å². The molecule has 5 nitrogen and oxygen atoms in total. The van der Waals surface area contributed by atoms with Crippen LogP contribution in [0.1, 0.15) is 18.4 Å². The number of amides is 2. The Balaban J connectivity index is 1.60. The van der Waals surface area contributed by atoms with Crippen LogP contribution in [-0.4, -0.2) is 35.6 Å². The third-order valence-electron chi connectivity index (χ3n) is 3.85. The molecule has 0 atom stereocenters. The monoisotopic (exact) mass is 277 g/mol. The predicted molar refractivity (Wildman–Crippen MR) is 67.3 cm³/mol. The van der Waals surface area contributed by atoms with Gasteiger partial charge in [-0.2, -0.15) is 0 Å². The van der Waals surface area contributed by atoms with Crippen LogP contribution in [0, 0.1) is 5.82 Å². The Morgan fingerprint density at radius 3 is 2.40 bits per heavy atom. The molecule has 0 unspecified atom stereocenters. The third kappa shape index (κ3) is 2.38. The van der Waals surface area contributed by atoms with Crippen molar-refractivity contribution in [3.05, 3.63) is 35.6 Å². The number of benzene rings is 1. The fraction of sp³-hybridized carbons (Fsp3) is 0.429. The van der Waals surface area contributed by atoms with E-state index in [4.69, 9.17) is 4.74 Å². The first kappa shape index (κ1) is 13.1. The third-order valence-corrected chi connectivity index (χ3v) is 3.85. The van der Waals surface area contributed by atoms with E-state index >= 15 is 0 Å². The van der Waals surface area contributed by atoms with Crippen LogP contribution in [0.3, 0.4) is 0 Å². The summed E-state index contributed by atoms with van der Waals surface area (Å²) in [6.07, 6.45) is 0.145. The Kier molecular flexibility index (Phi) is 3.17. The second-order valence-corrected chi connectivity index (χ2v) is 5.18. The molecule has 1 aromatic carbocycles. The number of rotatable bonds is 2. The Bertz CT molecular complexity index is 536. The van der Waals surface area contributed by atoms with Gasteiger partial charge in [-0.25, -0.2) is 9.18 Å². The molecule has 2 heterocycles. The van der Waals surface area contributed by atoms with Crippen molar-refractivity contribution in [2.75, 3.05) is 13.1 Å². The van der Waals surface area contributed by atoms with Gasteiger partial charge in [0, 0.05) is 32.5 Å². The SMILES string of the molecule is O=C1[N]C(=O)C2(CCN(Cc3ccc(F)cc3)CC2)O1. The maximum atomic E-state index is 12.8. The molecule has 2 aliphatic heterocycles. The number of imide groups is 1. The molecule has 1 radical (unpaired) electrons. The molecule has 0 saturated carbocycles. The molecule has 20 heavy (non-hydrogen) atoms. The van der Waals surface area contributed by atoms with Crippen molar-refractivity contribution in [1.82, 2.24) is 10.2 Å². The van der Waals surface area contributed by atoms with Crippen molar-refractivity contribution >= 4 is 12.0 Å². The van der Waals surface area contributed by atoms with Crippen molar-refractivity contribution in [3.8, 4) is 0 Å². The van der Waals surface area contributed by atoms with Crippen LogP contribution in [0.2, 0.25) is 0 Å². The first-order valence-corrected chi connectivity index (χ1v) is 6.53.